The van der Waals surface area contributed by atoms with Crippen LogP contribution in [0.4, 0.5) is 0 Å². The van der Waals surface area contributed by atoms with Crippen LogP contribution in [0.1, 0.15) is 49.4 Å². The fourth-order valence-electron chi connectivity index (χ4n) is 6.99. The number of nitrogens with two attached hydrogens (primary N) is 1. The normalized spacial score (nSPS) is 30.4. The van der Waals surface area contributed by atoms with Gasteiger partial charge < -0.3 is 20.1 Å². The number of hydrogen-bond donors (Lipinski definition) is 1. The van der Waals surface area contributed by atoms with Crippen molar-refractivity contribution >= 4 is 5.91 Å². The molecule has 33 heavy (non-hydrogen) atoms. The molecule has 6 rings (SSSR count). The smallest absolute Gasteiger partial charge is 0.231 e. The van der Waals surface area contributed by atoms with Crippen molar-refractivity contribution in [1.29, 1.82) is 0 Å². The predicted octanol–water partition coefficient (Wildman–Crippen LogP) is 3.69. The molecule has 0 unspecified atom stereocenters. The minimum Gasteiger partial charge on any atom is -0.454 e. The van der Waals surface area contributed by atoms with E-state index >= 15 is 0 Å². The first-order chi connectivity index (χ1) is 16.1. The first-order valence-electron chi connectivity index (χ1n) is 12.3. The number of amides is 1. The molecule has 5 atom stereocenters. The molecule has 174 valence electrons. The summed E-state index contributed by atoms with van der Waals surface area (Å²) in [5.74, 6) is 2.65. The summed E-state index contributed by atoms with van der Waals surface area (Å²) in [5.41, 5.74) is 9.33. The van der Waals surface area contributed by atoms with Crippen LogP contribution in [0.25, 0.3) is 0 Å². The molecule has 0 aromatic heterocycles. The molecule has 2 aromatic rings. The van der Waals surface area contributed by atoms with Crippen molar-refractivity contribution in [2.75, 3.05) is 13.3 Å². The van der Waals surface area contributed by atoms with E-state index in [4.69, 9.17) is 15.2 Å². The molecule has 1 amide bonds. The van der Waals surface area contributed by atoms with Gasteiger partial charge in [-0.15, -0.1) is 0 Å². The molecule has 2 N–H and O–H groups in total. The van der Waals surface area contributed by atoms with Gasteiger partial charge in [-0.1, -0.05) is 44.2 Å². The van der Waals surface area contributed by atoms with Crippen LogP contribution in [0.5, 0.6) is 11.5 Å². The molecular weight excluding hydrogens is 414 g/mol. The summed E-state index contributed by atoms with van der Waals surface area (Å²) in [6.45, 7) is 7.06. The summed E-state index contributed by atoms with van der Waals surface area (Å²) in [4.78, 5) is 18.9. The minimum absolute atomic E-state index is 0.0143. The average molecular weight is 448 g/mol. The second-order valence-corrected chi connectivity index (χ2v) is 10.3. The lowest BCUT2D eigenvalue weighted by molar-refractivity contribution is -0.134. The molecule has 0 aliphatic carbocycles. The summed E-state index contributed by atoms with van der Waals surface area (Å²) in [6, 6.07) is 15.6. The number of benzene rings is 2. The molecule has 2 aromatic carbocycles. The molecule has 6 nitrogen and oxygen atoms in total. The number of rotatable bonds is 5. The number of carbonyl (C=O) groups is 1. The van der Waals surface area contributed by atoms with E-state index in [9.17, 15) is 4.79 Å². The maximum Gasteiger partial charge on any atom is 0.231 e. The van der Waals surface area contributed by atoms with Gasteiger partial charge >= 0.3 is 0 Å². The van der Waals surface area contributed by atoms with Crippen LogP contribution in [0, 0.1) is 17.8 Å². The van der Waals surface area contributed by atoms with Gasteiger partial charge in [0.05, 0.1) is 5.92 Å². The SMILES string of the molecule is CC(C)[C@@H]1[C@@H]2[C@H](C(=O)N1Cc1ccc3c(c1)OCO3)[C@H](c1ccc(CN)cc1)N1CCC[C@@H]21. The highest BCUT2D eigenvalue weighted by atomic mass is 16.7. The van der Waals surface area contributed by atoms with Crippen LogP contribution in [-0.4, -0.2) is 41.1 Å². The number of fused-ring (bicyclic) bond motifs is 4. The van der Waals surface area contributed by atoms with E-state index < -0.39 is 0 Å². The van der Waals surface area contributed by atoms with Crippen LogP contribution >= 0.6 is 0 Å². The van der Waals surface area contributed by atoms with Gasteiger partial charge in [-0.25, -0.2) is 0 Å². The maximum absolute atomic E-state index is 14.1. The van der Waals surface area contributed by atoms with E-state index in [2.05, 4.69) is 54.0 Å². The van der Waals surface area contributed by atoms with Crippen molar-refractivity contribution in [2.45, 2.75) is 57.9 Å². The van der Waals surface area contributed by atoms with E-state index in [0.717, 1.165) is 29.2 Å². The highest BCUT2D eigenvalue weighted by Crippen LogP contribution is 2.56. The van der Waals surface area contributed by atoms with Crippen LogP contribution in [0.3, 0.4) is 0 Å². The Labute approximate surface area is 195 Å². The Morgan fingerprint density at radius 1 is 1.06 bits per heavy atom. The molecule has 6 heteroatoms. The van der Waals surface area contributed by atoms with Gasteiger partial charge in [-0.2, -0.15) is 0 Å². The Hall–Kier alpha value is -2.57. The summed E-state index contributed by atoms with van der Waals surface area (Å²) < 4.78 is 11.1. The Morgan fingerprint density at radius 2 is 1.82 bits per heavy atom. The third-order valence-corrected chi connectivity index (χ3v) is 8.25. The molecule has 4 heterocycles. The lowest BCUT2D eigenvalue weighted by Gasteiger charge is -2.35. The van der Waals surface area contributed by atoms with Crippen molar-refractivity contribution < 1.29 is 14.3 Å². The Morgan fingerprint density at radius 3 is 2.58 bits per heavy atom. The minimum atomic E-state index is 0.0143. The molecule has 4 aliphatic heterocycles. The Bertz CT molecular complexity index is 1050. The van der Waals surface area contributed by atoms with Crippen molar-refractivity contribution in [2.24, 2.45) is 23.5 Å². The average Bonchev–Trinajstić information content (AvgIpc) is 3.57. The van der Waals surface area contributed by atoms with Gasteiger partial charge in [-0.3, -0.25) is 9.69 Å². The van der Waals surface area contributed by atoms with Crippen LogP contribution in [0.2, 0.25) is 0 Å². The Balaban J connectivity index is 1.36. The van der Waals surface area contributed by atoms with Gasteiger partial charge in [0.25, 0.3) is 0 Å². The predicted molar refractivity (Wildman–Crippen MR) is 126 cm³/mol. The molecular formula is C27H33N3O3. The zero-order valence-corrected chi connectivity index (χ0v) is 19.4. The zero-order valence-electron chi connectivity index (χ0n) is 19.4. The second kappa shape index (κ2) is 8.03. The Kier molecular flexibility index (Phi) is 5.11. The fraction of sp³-hybridized carbons (Fsp3) is 0.519. The lowest BCUT2D eigenvalue weighted by atomic mass is 9.79. The number of hydrogen-bond acceptors (Lipinski definition) is 5. The van der Waals surface area contributed by atoms with Crippen molar-refractivity contribution in [1.82, 2.24) is 9.80 Å². The third-order valence-electron chi connectivity index (χ3n) is 8.25. The number of carbonyl (C=O) groups excluding carboxylic acids is 1. The summed E-state index contributed by atoms with van der Waals surface area (Å²) >= 11 is 0. The van der Waals surface area contributed by atoms with E-state index in [1.54, 1.807) is 0 Å². The van der Waals surface area contributed by atoms with E-state index in [-0.39, 0.29) is 24.8 Å². The first kappa shape index (κ1) is 21.0. The second-order valence-electron chi connectivity index (χ2n) is 10.3. The van der Waals surface area contributed by atoms with Crippen LogP contribution in [0.15, 0.2) is 42.5 Å². The van der Waals surface area contributed by atoms with Crippen molar-refractivity contribution in [3.8, 4) is 11.5 Å². The largest absolute Gasteiger partial charge is 0.454 e. The molecule has 4 aliphatic rings. The molecule has 3 fully saturated rings. The van der Waals surface area contributed by atoms with Gasteiger partial charge in [0, 0.05) is 37.1 Å². The van der Waals surface area contributed by atoms with E-state index in [1.165, 1.54) is 18.4 Å². The number of nitrogens with zero attached hydrogens (tertiary/aromatic N) is 2. The number of likely N-dealkylation sites (tertiary alicyclic amines) is 1. The highest BCUT2D eigenvalue weighted by molar-refractivity contribution is 5.84. The molecule has 0 spiro atoms. The van der Waals surface area contributed by atoms with Gasteiger partial charge in [0.2, 0.25) is 12.7 Å². The zero-order chi connectivity index (χ0) is 22.7. The standard InChI is InChI=1S/C27H33N3O3/c1-16(2)25-23-20-4-3-11-29(20)26(19-8-5-17(13-28)6-9-19)24(23)27(31)30(25)14-18-7-10-21-22(12-18)33-15-32-21/h5-10,12,16,20,23-26H,3-4,11,13-15,28H2,1-2H3/t20-,23-,24-,25+,26-/m0/s1. The number of ether oxygens (including phenoxy) is 2. The van der Waals surface area contributed by atoms with Gasteiger partial charge in [0.1, 0.15) is 0 Å². The molecule has 0 bridgehead atoms. The third kappa shape index (κ3) is 3.26. The van der Waals surface area contributed by atoms with E-state index in [1.807, 2.05) is 12.1 Å². The monoisotopic (exact) mass is 447 g/mol. The van der Waals surface area contributed by atoms with Crippen LogP contribution in [-0.2, 0) is 17.9 Å². The van der Waals surface area contributed by atoms with Gasteiger partial charge in [-0.05, 0) is 54.1 Å². The quantitative estimate of drug-likeness (QED) is 0.757. The highest BCUT2D eigenvalue weighted by Gasteiger charge is 2.62. The van der Waals surface area contributed by atoms with Crippen LogP contribution < -0.4 is 15.2 Å². The molecule has 0 saturated carbocycles. The van der Waals surface area contributed by atoms with E-state index in [0.29, 0.717) is 36.9 Å². The molecule has 0 radical (unpaired) electrons. The first-order valence-corrected chi connectivity index (χ1v) is 12.3. The maximum atomic E-state index is 14.1. The lowest BCUT2D eigenvalue weighted by Crippen LogP contribution is -2.44. The topological polar surface area (TPSA) is 68.0 Å². The van der Waals surface area contributed by atoms with Crippen molar-refractivity contribution in [3.63, 3.8) is 0 Å². The summed E-state index contributed by atoms with van der Waals surface area (Å²) in [6.07, 6.45) is 2.40. The summed E-state index contributed by atoms with van der Waals surface area (Å²) in [7, 11) is 0. The van der Waals surface area contributed by atoms with Gasteiger partial charge in [0.15, 0.2) is 11.5 Å². The summed E-state index contributed by atoms with van der Waals surface area (Å²) in [5, 5.41) is 0. The fourth-order valence-corrected chi connectivity index (χ4v) is 6.99. The molecule has 3 saturated heterocycles. The van der Waals surface area contributed by atoms with Crippen molar-refractivity contribution in [3.05, 3.63) is 59.2 Å².